The van der Waals surface area contributed by atoms with Crippen LogP contribution in [-0.4, -0.2) is 48.4 Å². The first-order chi connectivity index (χ1) is 15.5. The van der Waals surface area contributed by atoms with Gasteiger partial charge in [0, 0.05) is 38.1 Å². The summed E-state index contributed by atoms with van der Waals surface area (Å²) < 4.78 is 5.17. The molecule has 0 aliphatic carbocycles. The van der Waals surface area contributed by atoms with Crippen molar-refractivity contribution >= 4 is 23.2 Å². The van der Waals surface area contributed by atoms with Gasteiger partial charge in [-0.05, 0) is 42.3 Å². The summed E-state index contributed by atoms with van der Waals surface area (Å²) in [6.07, 6.45) is 5.45. The lowest BCUT2D eigenvalue weighted by Crippen LogP contribution is -2.43. The fourth-order valence-electron chi connectivity index (χ4n) is 3.59. The van der Waals surface area contributed by atoms with E-state index in [0.29, 0.717) is 32.7 Å². The van der Waals surface area contributed by atoms with Gasteiger partial charge in [-0.25, -0.2) is 0 Å². The maximum absolute atomic E-state index is 13.4. The second kappa shape index (κ2) is 14.8. The first kappa shape index (κ1) is 26.1. The monoisotopic (exact) mass is 458 g/mol. The maximum atomic E-state index is 13.4. The topological polar surface area (TPSA) is 49.9 Å². The van der Waals surface area contributed by atoms with Crippen LogP contribution in [0.25, 0.3) is 0 Å². The Bertz CT molecular complexity index is 806. The van der Waals surface area contributed by atoms with E-state index in [1.54, 1.807) is 23.3 Å². The van der Waals surface area contributed by atoms with Crippen LogP contribution in [0.3, 0.4) is 0 Å². The molecule has 0 atom stereocenters. The van der Waals surface area contributed by atoms with Crippen molar-refractivity contribution in [2.45, 2.75) is 65.5 Å². The number of hydrogen-bond acceptors (Lipinski definition) is 4. The standard InChI is InChI=1S/C26H38N2O3S/c1-4-5-6-10-14-25(29)27(16-11-17-31-3)21-26(30)28(19-23-12-8-7-9-13-23)20-24-22(2)15-18-32-24/h7-9,12-13,15,18H,4-6,10-11,14,16-17,19-21H2,1-3H3. The highest BCUT2D eigenvalue weighted by molar-refractivity contribution is 7.10. The molecule has 0 aliphatic heterocycles. The Labute approximate surface area is 197 Å². The number of unbranched alkanes of at least 4 members (excludes halogenated alkanes) is 3. The van der Waals surface area contributed by atoms with Gasteiger partial charge in [-0.15, -0.1) is 11.3 Å². The van der Waals surface area contributed by atoms with Crippen LogP contribution in [0.15, 0.2) is 41.8 Å². The van der Waals surface area contributed by atoms with E-state index in [-0.39, 0.29) is 18.4 Å². The molecule has 176 valence electrons. The lowest BCUT2D eigenvalue weighted by Gasteiger charge is -2.28. The van der Waals surface area contributed by atoms with Crippen molar-refractivity contribution in [2.24, 2.45) is 0 Å². The molecule has 0 N–H and O–H groups in total. The highest BCUT2D eigenvalue weighted by Crippen LogP contribution is 2.20. The van der Waals surface area contributed by atoms with Crippen molar-refractivity contribution in [3.8, 4) is 0 Å². The number of amides is 2. The molecular weight excluding hydrogens is 420 g/mol. The molecule has 0 fully saturated rings. The van der Waals surface area contributed by atoms with Gasteiger partial charge >= 0.3 is 0 Å². The molecule has 1 aromatic heterocycles. The van der Waals surface area contributed by atoms with Gasteiger partial charge in [0.15, 0.2) is 0 Å². The summed E-state index contributed by atoms with van der Waals surface area (Å²) in [5.74, 6) is 0.0542. The lowest BCUT2D eigenvalue weighted by atomic mass is 10.1. The van der Waals surface area contributed by atoms with Crippen LogP contribution in [-0.2, 0) is 27.4 Å². The molecule has 0 bridgehead atoms. The van der Waals surface area contributed by atoms with Gasteiger partial charge in [-0.3, -0.25) is 9.59 Å². The average molecular weight is 459 g/mol. The predicted molar refractivity (Wildman–Crippen MR) is 132 cm³/mol. The number of thiophene rings is 1. The quantitative estimate of drug-likeness (QED) is 0.335. The zero-order chi connectivity index (χ0) is 23.2. The Kier molecular flexibility index (Phi) is 12.1. The number of nitrogens with zero attached hydrogens (tertiary/aromatic N) is 2. The molecule has 0 unspecified atom stereocenters. The first-order valence-electron chi connectivity index (χ1n) is 11.7. The minimum Gasteiger partial charge on any atom is -0.385 e. The number of carbonyl (C=O) groups excluding carboxylic acids is 2. The van der Waals surface area contributed by atoms with Crippen LogP contribution in [0.4, 0.5) is 0 Å². The molecule has 0 aliphatic rings. The van der Waals surface area contributed by atoms with Crippen LogP contribution in [0.2, 0.25) is 0 Å². The van der Waals surface area contributed by atoms with Crippen LogP contribution in [0, 0.1) is 6.92 Å². The summed E-state index contributed by atoms with van der Waals surface area (Å²) in [4.78, 5) is 31.1. The molecule has 0 radical (unpaired) electrons. The zero-order valence-corrected chi connectivity index (χ0v) is 20.7. The number of aryl methyl sites for hydroxylation is 1. The summed E-state index contributed by atoms with van der Waals surface area (Å²) in [5.41, 5.74) is 2.29. The molecule has 32 heavy (non-hydrogen) atoms. The van der Waals surface area contributed by atoms with E-state index in [0.717, 1.165) is 37.7 Å². The fraction of sp³-hybridized carbons (Fsp3) is 0.538. The van der Waals surface area contributed by atoms with E-state index in [2.05, 4.69) is 25.3 Å². The van der Waals surface area contributed by atoms with Gasteiger partial charge in [-0.1, -0.05) is 56.5 Å². The van der Waals surface area contributed by atoms with Crippen molar-refractivity contribution in [1.29, 1.82) is 0 Å². The fourth-order valence-corrected chi connectivity index (χ4v) is 4.51. The SMILES string of the molecule is CCCCCCC(=O)N(CCCOC)CC(=O)N(Cc1ccccc1)Cc1sccc1C. The van der Waals surface area contributed by atoms with Gasteiger partial charge in [0.25, 0.3) is 0 Å². The molecule has 0 spiro atoms. The Morgan fingerprint density at radius 2 is 1.72 bits per heavy atom. The van der Waals surface area contributed by atoms with Gasteiger partial charge in [0.1, 0.15) is 0 Å². The third kappa shape index (κ3) is 9.13. The molecule has 5 nitrogen and oxygen atoms in total. The molecule has 1 heterocycles. The molecule has 2 rings (SSSR count). The number of rotatable bonds is 15. The normalized spacial score (nSPS) is 10.8. The second-order valence-corrected chi connectivity index (χ2v) is 9.24. The van der Waals surface area contributed by atoms with E-state index in [9.17, 15) is 9.59 Å². The van der Waals surface area contributed by atoms with Gasteiger partial charge in [0.05, 0.1) is 13.1 Å². The molecule has 2 aromatic rings. The van der Waals surface area contributed by atoms with Crippen LogP contribution in [0.1, 0.15) is 61.5 Å². The number of methoxy groups -OCH3 is 1. The average Bonchev–Trinajstić information content (AvgIpc) is 3.20. The molecule has 2 amide bonds. The van der Waals surface area contributed by atoms with E-state index < -0.39 is 0 Å². The molecule has 0 saturated carbocycles. The van der Waals surface area contributed by atoms with Crippen molar-refractivity contribution < 1.29 is 14.3 Å². The van der Waals surface area contributed by atoms with E-state index in [1.807, 2.05) is 35.2 Å². The van der Waals surface area contributed by atoms with E-state index in [4.69, 9.17) is 4.74 Å². The van der Waals surface area contributed by atoms with Crippen molar-refractivity contribution in [1.82, 2.24) is 9.80 Å². The molecular formula is C26H38N2O3S. The van der Waals surface area contributed by atoms with Gasteiger partial charge < -0.3 is 14.5 Å². The van der Waals surface area contributed by atoms with Crippen LogP contribution in [0.5, 0.6) is 0 Å². The minimum atomic E-state index is -0.0130. The summed E-state index contributed by atoms with van der Waals surface area (Å²) in [5, 5.41) is 2.06. The first-order valence-corrected chi connectivity index (χ1v) is 12.5. The van der Waals surface area contributed by atoms with Crippen LogP contribution < -0.4 is 0 Å². The third-order valence-corrected chi connectivity index (χ3v) is 6.58. The Hall–Kier alpha value is -2.18. The van der Waals surface area contributed by atoms with Gasteiger partial charge in [-0.2, -0.15) is 0 Å². The summed E-state index contributed by atoms with van der Waals surface area (Å²) in [6, 6.07) is 12.1. The Morgan fingerprint density at radius 3 is 2.38 bits per heavy atom. The zero-order valence-electron chi connectivity index (χ0n) is 19.8. The van der Waals surface area contributed by atoms with Crippen molar-refractivity contribution in [3.63, 3.8) is 0 Å². The lowest BCUT2D eigenvalue weighted by molar-refractivity contribution is -0.141. The highest BCUT2D eigenvalue weighted by atomic mass is 32.1. The predicted octanol–water partition coefficient (Wildman–Crippen LogP) is 5.42. The maximum Gasteiger partial charge on any atom is 0.242 e. The molecule has 1 aromatic carbocycles. The second-order valence-electron chi connectivity index (χ2n) is 8.23. The smallest absolute Gasteiger partial charge is 0.242 e. The van der Waals surface area contributed by atoms with E-state index >= 15 is 0 Å². The Morgan fingerprint density at radius 1 is 0.938 bits per heavy atom. The van der Waals surface area contributed by atoms with Crippen molar-refractivity contribution in [3.05, 3.63) is 57.8 Å². The summed E-state index contributed by atoms with van der Waals surface area (Å²) in [7, 11) is 1.66. The molecule has 6 heteroatoms. The van der Waals surface area contributed by atoms with Crippen molar-refractivity contribution in [2.75, 3.05) is 26.8 Å². The Balaban J connectivity index is 2.09. The number of hydrogen-bond donors (Lipinski definition) is 0. The van der Waals surface area contributed by atoms with E-state index in [1.165, 1.54) is 10.4 Å². The molecule has 0 saturated heterocycles. The summed E-state index contributed by atoms with van der Waals surface area (Å²) >= 11 is 1.67. The number of carbonyl (C=O) groups is 2. The number of ether oxygens (including phenoxy) is 1. The minimum absolute atomic E-state index is 0.0130. The highest BCUT2D eigenvalue weighted by Gasteiger charge is 2.22. The largest absolute Gasteiger partial charge is 0.385 e. The third-order valence-electron chi connectivity index (χ3n) is 5.57. The van der Waals surface area contributed by atoms with Crippen LogP contribution >= 0.6 is 11.3 Å². The summed E-state index contributed by atoms with van der Waals surface area (Å²) in [6.45, 7) is 6.58. The van der Waals surface area contributed by atoms with Gasteiger partial charge in [0.2, 0.25) is 11.8 Å². The number of benzene rings is 1.